The third-order valence-electron chi connectivity index (χ3n) is 7.14. The number of nitrogens with two attached hydrogens (primary N) is 1. The van der Waals surface area contributed by atoms with Gasteiger partial charge in [0.2, 0.25) is 5.91 Å². The van der Waals surface area contributed by atoms with E-state index in [9.17, 15) is 4.79 Å². The van der Waals surface area contributed by atoms with E-state index in [0.717, 1.165) is 71.5 Å². The summed E-state index contributed by atoms with van der Waals surface area (Å²) in [4.78, 5) is 17.8. The van der Waals surface area contributed by atoms with Crippen molar-refractivity contribution in [3.8, 4) is 0 Å². The number of carbonyl (C=O) groups excluding carboxylic acids is 1. The third-order valence-corrected chi connectivity index (χ3v) is 7.14. The second kappa shape index (κ2) is 7.30. The van der Waals surface area contributed by atoms with E-state index in [1.54, 1.807) is 0 Å². The minimum Gasteiger partial charge on any atom is -0.381 e. The topological polar surface area (TPSA) is 58.8 Å². The molecule has 0 aromatic carbocycles. The summed E-state index contributed by atoms with van der Waals surface area (Å²) in [7, 11) is 2.19. The molecule has 2 saturated heterocycles. The van der Waals surface area contributed by atoms with Crippen LogP contribution in [0.3, 0.4) is 0 Å². The number of hydrogen-bond acceptors (Lipinski definition) is 4. The Balaban J connectivity index is 2.02. The van der Waals surface area contributed by atoms with E-state index in [1.807, 2.05) is 0 Å². The van der Waals surface area contributed by atoms with Gasteiger partial charge in [0.05, 0.1) is 12.0 Å². The van der Waals surface area contributed by atoms with E-state index in [4.69, 9.17) is 10.5 Å². The van der Waals surface area contributed by atoms with Crippen molar-refractivity contribution in [1.29, 1.82) is 0 Å². The van der Waals surface area contributed by atoms with Gasteiger partial charge in [0.25, 0.3) is 0 Å². The Bertz CT molecular complexity index is 444. The summed E-state index contributed by atoms with van der Waals surface area (Å²) >= 11 is 0. The minimum absolute atomic E-state index is 0.103. The molecule has 0 aromatic heterocycles. The molecule has 0 aromatic rings. The largest absolute Gasteiger partial charge is 0.381 e. The number of ether oxygens (including phenoxy) is 1. The fourth-order valence-electron chi connectivity index (χ4n) is 5.62. The summed E-state index contributed by atoms with van der Waals surface area (Å²) in [6.45, 7) is 8.03. The van der Waals surface area contributed by atoms with E-state index in [-0.39, 0.29) is 11.4 Å². The summed E-state index contributed by atoms with van der Waals surface area (Å²) in [5.41, 5.74) is 5.49. The smallest absolute Gasteiger partial charge is 0.225 e. The van der Waals surface area contributed by atoms with E-state index in [1.165, 1.54) is 12.8 Å². The standard InChI is InChI=1S/C19H35N3O2/c1-18(17(20)23)8-4-3-5-9-19(18,16-7-6-14-24-15-16)22-12-10-21(2)11-13-22/h16H,3-15H2,1-2H3,(H2,20,23). The average Bonchev–Trinajstić information content (AvgIpc) is 2.77. The van der Waals surface area contributed by atoms with E-state index in [2.05, 4.69) is 23.8 Å². The number of hydrogen-bond donors (Lipinski definition) is 1. The highest BCUT2D eigenvalue weighted by Gasteiger charge is 2.59. The lowest BCUT2D eigenvalue weighted by Crippen LogP contribution is -2.70. The molecule has 1 amide bonds. The van der Waals surface area contributed by atoms with Crippen LogP contribution in [-0.4, -0.2) is 67.7 Å². The predicted molar refractivity (Wildman–Crippen MR) is 95.7 cm³/mol. The van der Waals surface area contributed by atoms with Crippen LogP contribution >= 0.6 is 0 Å². The highest BCUT2D eigenvalue weighted by molar-refractivity contribution is 5.82. The average molecular weight is 338 g/mol. The zero-order chi connectivity index (χ0) is 17.2. The molecule has 1 aliphatic carbocycles. The van der Waals surface area contributed by atoms with Crippen molar-refractivity contribution in [2.75, 3.05) is 46.4 Å². The quantitative estimate of drug-likeness (QED) is 0.799. The molecule has 3 atom stereocenters. The molecule has 1 saturated carbocycles. The number of nitrogens with zero attached hydrogens (tertiary/aromatic N) is 2. The van der Waals surface area contributed by atoms with Gasteiger partial charge in [-0.1, -0.05) is 19.3 Å². The van der Waals surface area contributed by atoms with Gasteiger partial charge in [0.1, 0.15) is 0 Å². The highest BCUT2D eigenvalue weighted by Crippen LogP contribution is 2.52. The normalized spacial score (nSPS) is 40.2. The Hall–Kier alpha value is -0.650. The second-order valence-electron chi connectivity index (χ2n) is 8.39. The van der Waals surface area contributed by atoms with Crippen LogP contribution in [0.4, 0.5) is 0 Å². The van der Waals surface area contributed by atoms with Crippen LogP contribution in [-0.2, 0) is 9.53 Å². The molecule has 0 bridgehead atoms. The summed E-state index contributed by atoms with van der Waals surface area (Å²) in [6.07, 6.45) is 7.81. The predicted octanol–water partition coefficient (Wildman–Crippen LogP) is 1.85. The summed E-state index contributed by atoms with van der Waals surface area (Å²) in [6, 6.07) is 0. The zero-order valence-corrected chi connectivity index (χ0v) is 15.6. The van der Waals surface area contributed by atoms with Gasteiger partial charge in [-0.25, -0.2) is 0 Å². The minimum atomic E-state index is -0.454. The van der Waals surface area contributed by atoms with Crippen molar-refractivity contribution in [3.63, 3.8) is 0 Å². The molecule has 138 valence electrons. The van der Waals surface area contributed by atoms with Gasteiger partial charge >= 0.3 is 0 Å². The SMILES string of the molecule is CN1CCN(C2(C3CCCOC3)CCCCCC2(C)C(N)=O)CC1. The Morgan fingerprint density at radius 2 is 1.79 bits per heavy atom. The molecule has 3 rings (SSSR count). The number of rotatable bonds is 3. The lowest BCUT2D eigenvalue weighted by molar-refractivity contribution is -0.156. The maximum Gasteiger partial charge on any atom is 0.225 e. The van der Waals surface area contributed by atoms with Gasteiger partial charge in [-0.15, -0.1) is 0 Å². The van der Waals surface area contributed by atoms with Crippen molar-refractivity contribution < 1.29 is 9.53 Å². The fourth-order valence-corrected chi connectivity index (χ4v) is 5.62. The van der Waals surface area contributed by atoms with Crippen molar-refractivity contribution >= 4 is 5.91 Å². The van der Waals surface area contributed by atoms with E-state index < -0.39 is 5.41 Å². The first-order chi connectivity index (χ1) is 11.5. The number of likely N-dealkylation sites (N-methyl/N-ethyl adjacent to an activating group) is 1. The Morgan fingerprint density at radius 1 is 1.08 bits per heavy atom. The Morgan fingerprint density at radius 3 is 2.42 bits per heavy atom. The van der Waals surface area contributed by atoms with Crippen LogP contribution in [0.1, 0.15) is 51.9 Å². The van der Waals surface area contributed by atoms with Gasteiger partial charge in [0.15, 0.2) is 0 Å². The van der Waals surface area contributed by atoms with Gasteiger partial charge in [-0.05, 0) is 39.7 Å². The molecule has 5 nitrogen and oxygen atoms in total. The summed E-state index contributed by atoms with van der Waals surface area (Å²) in [5, 5.41) is 0. The first-order valence-electron chi connectivity index (χ1n) is 9.82. The molecule has 3 aliphatic rings. The van der Waals surface area contributed by atoms with Crippen molar-refractivity contribution in [1.82, 2.24) is 9.80 Å². The van der Waals surface area contributed by atoms with Crippen LogP contribution in [0.25, 0.3) is 0 Å². The second-order valence-corrected chi connectivity index (χ2v) is 8.39. The summed E-state index contributed by atoms with van der Waals surface area (Å²) in [5.74, 6) is 0.319. The monoisotopic (exact) mass is 337 g/mol. The first kappa shape index (κ1) is 18.2. The molecule has 24 heavy (non-hydrogen) atoms. The molecule has 0 radical (unpaired) electrons. The fraction of sp³-hybridized carbons (Fsp3) is 0.947. The number of primary amides is 1. The summed E-state index contributed by atoms with van der Waals surface area (Å²) < 4.78 is 5.90. The zero-order valence-electron chi connectivity index (χ0n) is 15.6. The molecular formula is C19H35N3O2. The Kier molecular flexibility index (Phi) is 5.52. The van der Waals surface area contributed by atoms with Gasteiger partial charge in [0, 0.05) is 44.2 Å². The molecule has 0 spiro atoms. The number of amides is 1. The number of carbonyl (C=O) groups is 1. The molecule has 3 unspecified atom stereocenters. The maximum absolute atomic E-state index is 12.7. The van der Waals surface area contributed by atoms with Crippen molar-refractivity contribution in [3.05, 3.63) is 0 Å². The first-order valence-corrected chi connectivity index (χ1v) is 9.82. The molecule has 2 N–H and O–H groups in total. The van der Waals surface area contributed by atoms with Crippen LogP contribution < -0.4 is 5.73 Å². The maximum atomic E-state index is 12.7. The van der Waals surface area contributed by atoms with Crippen LogP contribution in [0.5, 0.6) is 0 Å². The van der Waals surface area contributed by atoms with E-state index >= 15 is 0 Å². The lowest BCUT2D eigenvalue weighted by Gasteiger charge is -2.59. The molecule has 2 aliphatic heterocycles. The third kappa shape index (κ3) is 2.99. The molecular weight excluding hydrogens is 302 g/mol. The van der Waals surface area contributed by atoms with Crippen molar-refractivity contribution in [2.45, 2.75) is 57.4 Å². The van der Waals surface area contributed by atoms with Crippen LogP contribution in [0, 0.1) is 11.3 Å². The van der Waals surface area contributed by atoms with Gasteiger partial charge in [-0.3, -0.25) is 9.69 Å². The van der Waals surface area contributed by atoms with Crippen molar-refractivity contribution in [2.24, 2.45) is 17.1 Å². The molecule has 2 heterocycles. The number of piperazine rings is 1. The van der Waals surface area contributed by atoms with E-state index in [0.29, 0.717) is 5.92 Å². The van der Waals surface area contributed by atoms with Crippen LogP contribution in [0.2, 0.25) is 0 Å². The Labute approximate surface area is 146 Å². The lowest BCUT2D eigenvalue weighted by atomic mass is 9.58. The molecule has 3 fully saturated rings. The molecule has 5 heteroatoms. The van der Waals surface area contributed by atoms with Crippen LogP contribution in [0.15, 0.2) is 0 Å². The van der Waals surface area contributed by atoms with Gasteiger partial charge < -0.3 is 15.4 Å². The highest BCUT2D eigenvalue weighted by atomic mass is 16.5. The van der Waals surface area contributed by atoms with Gasteiger partial charge in [-0.2, -0.15) is 0 Å².